The fourth-order valence-corrected chi connectivity index (χ4v) is 2.31. The third-order valence-corrected chi connectivity index (χ3v) is 3.07. The van der Waals surface area contributed by atoms with Gasteiger partial charge in [0.05, 0.1) is 17.2 Å². The molecule has 0 unspecified atom stereocenters. The summed E-state index contributed by atoms with van der Waals surface area (Å²) in [5.41, 5.74) is 2.23. The lowest BCUT2D eigenvalue weighted by molar-refractivity contribution is -0.384. The van der Waals surface area contributed by atoms with E-state index in [0.717, 1.165) is 17.5 Å². The average Bonchev–Trinajstić information content (AvgIpc) is 2.66. The van der Waals surface area contributed by atoms with Gasteiger partial charge in [0.25, 0.3) is 5.69 Å². The van der Waals surface area contributed by atoms with Crippen molar-refractivity contribution in [1.29, 1.82) is 0 Å². The van der Waals surface area contributed by atoms with Gasteiger partial charge in [0.1, 0.15) is 6.10 Å². The first kappa shape index (κ1) is 9.21. The summed E-state index contributed by atoms with van der Waals surface area (Å²) in [6, 6.07) is 5.04. The molecular formula is C11H10N2O3. The molecule has 0 radical (unpaired) electrons. The second-order valence-electron chi connectivity index (χ2n) is 3.97. The van der Waals surface area contributed by atoms with E-state index in [-0.39, 0.29) is 22.8 Å². The molecule has 1 aliphatic carbocycles. The summed E-state index contributed by atoms with van der Waals surface area (Å²) in [4.78, 5) is 10.3. The number of nitrogens with one attached hydrogen (secondary N) is 1. The Morgan fingerprint density at radius 2 is 2.38 bits per heavy atom. The Kier molecular flexibility index (Phi) is 1.86. The van der Waals surface area contributed by atoms with Gasteiger partial charge in [-0.3, -0.25) is 10.1 Å². The zero-order valence-electron chi connectivity index (χ0n) is 8.42. The quantitative estimate of drug-likeness (QED) is 0.575. The molecular weight excluding hydrogens is 208 g/mol. The molecule has 1 aromatic rings. The number of nitro benzene ring substituents is 1. The summed E-state index contributed by atoms with van der Waals surface area (Å²) in [5.74, 6) is 0. The van der Waals surface area contributed by atoms with E-state index in [4.69, 9.17) is 4.74 Å². The van der Waals surface area contributed by atoms with Gasteiger partial charge in [0.2, 0.25) is 0 Å². The third-order valence-electron chi connectivity index (χ3n) is 3.07. The van der Waals surface area contributed by atoms with Crippen LogP contribution < -0.4 is 5.32 Å². The largest absolute Gasteiger partial charge is 0.494 e. The van der Waals surface area contributed by atoms with Gasteiger partial charge in [-0.05, 0) is 11.1 Å². The van der Waals surface area contributed by atoms with Crippen molar-refractivity contribution in [1.82, 2.24) is 5.32 Å². The Morgan fingerprint density at radius 3 is 3.19 bits per heavy atom. The first-order chi connectivity index (χ1) is 7.75. The van der Waals surface area contributed by atoms with Gasteiger partial charge < -0.3 is 10.1 Å². The van der Waals surface area contributed by atoms with Crippen molar-refractivity contribution >= 4 is 5.69 Å². The lowest BCUT2D eigenvalue weighted by Crippen LogP contribution is -2.29. The number of nitro groups is 1. The first-order valence-corrected chi connectivity index (χ1v) is 5.09. The lowest BCUT2D eigenvalue weighted by Gasteiger charge is -2.24. The van der Waals surface area contributed by atoms with Gasteiger partial charge in [-0.15, -0.1) is 0 Å². The number of benzene rings is 1. The van der Waals surface area contributed by atoms with Crippen LogP contribution in [0, 0.1) is 10.1 Å². The maximum absolute atomic E-state index is 10.7. The van der Waals surface area contributed by atoms with E-state index in [2.05, 4.69) is 5.32 Å². The smallest absolute Gasteiger partial charge is 0.269 e. The fraction of sp³-hybridized carbons (Fsp3) is 0.273. The highest BCUT2D eigenvalue weighted by Gasteiger charge is 2.35. The van der Waals surface area contributed by atoms with Crippen LogP contribution in [0.25, 0.3) is 0 Å². The monoisotopic (exact) mass is 218 g/mol. The molecule has 3 rings (SSSR count). The second kappa shape index (κ2) is 3.23. The fourth-order valence-electron chi connectivity index (χ4n) is 2.31. The van der Waals surface area contributed by atoms with E-state index < -0.39 is 0 Å². The van der Waals surface area contributed by atoms with Crippen LogP contribution in [0.15, 0.2) is 30.7 Å². The summed E-state index contributed by atoms with van der Waals surface area (Å²) in [5, 5.41) is 13.9. The molecule has 2 atom stereocenters. The number of rotatable bonds is 1. The zero-order valence-corrected chi connectivity index (χ0v) is 8.42. The van der Waals surface area contributed by atoms with Crippen molar-refractivity contribution in [3.05, 3.63) is 51.9 Å². The lowest BCUT2D eigenvalue weighted by atomic mass is 10.1. The Labute approximate surface area is 91.9 Å². The van der Waals surface area contributed by atoms with E-state index in [1.54, 1.807) is 24.6 Å². The summed E-state index contributed by atoms with van der Waals surface area (Å²) < 4.78 is 5.47. The number of fused-ring (bicyclic) bond motifs is 3. The maximum atomic E-state index is 10.7. The summed E-state index contributed by atoms with van der Waals surface area (Å²) >= 11 is 0. The van der Waals surface area contributed by atoms with Crippen LogP contribution >= 0.6 is 0 Å². The van der Waals surface area contributed by atoms with Gasteiger partial charge in [0, 0.05) is 24.8 Å². The summed E-state index contributed by atoms with van der Waals surface area (Å²) in [6.07, 6.45) is 4.22. The highest BCUT2D eigenvalue weighted by atomic mass is 16.6. The van der Waals surface area contributed by atoms with Crippen LogP contribution in [0.1, 0.15) is 17.2 Å². The summed E-state index contributed by atoms with van der Waals surface area (Å²) in [7, 11) is 0. The number of ether oxygens (including phenoxy) is 1. The van der Waals surface area contributed by atoms with Crippen LogP contribution in [0.5, 0.6) is 0 Å². The van der Waals surface area contributed by atoms with E-state index in [1.165, 1.54) is 0 Å². The molecule has 82 valence electrons. The van der Waals surface area contributed by atoms with Crippen molar-refractivity contribution in [2.24, 2.45) is 0 Å². The van der Waals surface area contributed by atoms with Crippen LogP contribution in [0.3, 0.4) is 0 Å². The molecule has 0 amide bonds. The van der Waals surface area contributed by atoms with E-state index in [1.807, 2.05) is 6.07 Å². The van der Waals surface area contributed by atoms with Gasteiger partial charge in [-0.25, -0.2) is 0 Å². The molecule has 5 nitrogen and oxygen atoms in total. The van der Waals surface area contributed by atoms with Crippen molar-refractivity contribution < 1.29 is 9.66 Å². The standard InChI is InChI=1S/C11H10N2O3/c14-13(15)8-2-1-7-5-10-11(9(7)6-8)12-3-4-16-10/h1-4,6,10-12H,5H2/t10-,11+/m0/s1. The highest BCUT2D eigenvalue weighted by Crippen LogP contribution is 2.36. The molecule has 0 spiro atoms. The maximum Gasteiger partial charge on any atom is 0.269 e. The molecule has 1 aliphatic heterocycles. The average molecular weight is 218 g/mol. The topological polar surface area (TPSA) is 64.4 Å². The van der Waals surface area contributed by atoms with Crippen molar-refractivity contribution in [2.45, 2.75) is 18.6 Å². The van der Waals surface area contributed by atoms with Crippen LogP contribution in [0.2, 0.25) is 0 Å². The van der Waals surface area contributed by atoms with Gasteiger partial charge >= 0.3 is 0 Å². The Bertz CT molecular complexity index is 484. The van der Waals surface area contributed by atoms with Crippen LogP contribution in [-0.2, 0) is 11.2 Å². The summed E-state index contributed by atoms with van der Waals surface area (Å²) in [6.45, 7) is 0. The zero-order chi connectivity index (χ0) is 11.1. The Balaban J connectivity index is 2.03. The molecule has 16 heavy (non-hydrogen) atoms. The third kappa shape index (κ3) is 1.25. The SMILES string of the molecule is O=[N+]([O-])c1ccc2c(c1)[C@H]1NC=CO[C@H]1C2. The van der Waals surface area contributed by atoms with E-state index in [9.17, 15) is 10.1 Å². The number of hydrogen-bond donors (Lipinski definition) is 1. The number of nitrogens with zero attached hydrogens (tertiary/aromatic N) is 1. The normalized spacial score (nSPS) is 25.2. The molecule has 1 aromatic carbocycles. The minimum Gasteiger partial charge on any atom is -0.494 e. The van der Waals surface area contributed by atoms with Crippen molar-refractivity contribution in [2.75, 3.05) is 0 Å². The van der Waals surface area contributed by atoms with Crippen molar-refractivity contribution in [3.8, 4) is 0 Å². The number of hydrogen-bond acceptors (Lipinski definition) is 4. The second-order valence-corrected chi connectivity index (χ2v) is 3.97. The molecule has 1 heterocycles. The minimum atomic E-state index is -0.368. The van der Waals surface area contributed by atoms with Gasteiger partial charge in [-0.2, -0.15) is 0 Å². The molecule has 0 fully saturated rings. The molecule has 2 aliphatic rings. The number of non-ortho nitro benzene ring substituents is 1. The Morgan fingerprint density at radius 1 is 1.50 bits per heavy atom. The van der Waals surface area contributed by atoms with E-state index >= 15 is 0 Å². The highest BCUT2D eigenvalue weighted by molar-refractivity contribution is 5.45. The van der Waals surface area contributed by atoms with Gasteiger partial charge in [0.15, 0.2) is 0 Å². The van der Waals surface area contributed by atoms with Gasteiger partial charge in [-0.1, -0.05) is 6.07 Å². The molecule has 0 aromatic heterocycles. The molecule has 0 bridgehead atoms. The van der Waals surface area contributed by atoms with Crippen molar-refractivity contribution in [3.63, 3.8) is 0 Å². The molecule has 1 N–H and O–H groups in total. The molecule has 0 saturated carbocycles. The predicted molar refractivity (Wildman–Crippen MR) is 56.7 cm³/mol. The Hall–Kier alpha value is -2.04. The predicted octanol–water partition coefficient (Wildman–Crippen LogP) is 1.65. The molecule has 5 heteroatoms. The van der Waals surface area contributed by atoms with Crippen LogP contribution in [-0.4, -0.2) is 11.0 Å². The molecule has 0 saturated heterocycles. The van der Waals surface area contributed by atoms with Crippen LogP contribution in [0.4, 0.5) is 5.69 Å². The minimum absolute atomic E-state index is 0.0416. The van der Waals surface area contributed by atoms with E-state index in [0.29, 0.717) is 0 Å². The first-order valence-electron chi connectivity index (χ1n) is 5.09.